The lowest BCUT2D eigenvalue weighted by atomic mass is 10.1. The summed E-state index contributed by atoms with van der Waals surface area (Å²) in [5, 5.41) is 4.23. The Morgan fingerprint density at radius 3 is 2.97 bits per heavy atom. The zero-order valence-electron chi connectivity index (χ0n) is 16.6. The summed E-state index contributed by atoms with van der Waals surface area (Å²) in [4.78, 5) is 31.8. The Morgan fingerprint density at radius 2 is 2.10 bits per heavy atom. The minimum absolute atomic E-state index is 0.0213. The first-order valence-electron chi connectivity index (χ1n) is 10.0. The molecule has 0 unspecified atom stereocenters. The summed E-state index contributed by atoms with van der Waals surface area (Å²) in [6, 6.07) is 8.01. The Kier molecular flexibility index (Phi) is 4.26. The number of hydrogen-bond donors (Lipinski definition) is 1. The van der Waals surface area contributed by atoms with Gasteiger partial charge in [0.1, 0.15) is 12.2 Å². The number of para-hydroxylation sites is 2. The van der Waals surface area contributed by atoms with Gasteiger partial charge in [-0.3, -0.25) is 4.79 Å². The van der Waals surface area contributed by atoms with Crippen molar-refractivity contribution in [3.63, 3.8) is 0 Å². The molecule has 0 bridgehead atoms. The molecule has 5 rings (SSSR count). The number of aromatic nitrogens is 6. The fraction of sp³-hybridized carbons (Fsp3) is 0.381. The number of aromatic amines is 1. The van der Waals surface area contributed by atoms with E-state index in [9.17, 15) is 4.79 Å². The van der Waals surface area contributed by atoms with E-state index < -0.39 is 0 Å². The number of hydrogen-bond acceptors (Lipinski definition) is 5. The zero-order valence-corrected chi connectivity index (χ0v) is 16.6. The van der Waals surface area contributed by atoms with E-state index in [1.807, 2.05) is 43.0 Å². The van der Waals surface area contributed by atoms with E-state index in [4.69, 9.17) is 4.98 Å². The number of carbonyl (C=O) groups excluding carboxylic acids is 1. The van der Waals surface area contributed by atoms with Gasteiger partial charge in [0.25, 0.3) is 5.78 Å². The van der Waals surface area contributed by atoms with E-state index in [0.717, 1.165) is 53.2 Å². The third-order valence-electron chi connectivity index (χ3n) is 5.87. The van der Waals surface area contributed by atoms with Crippen LogP contribution in [0.3, 0.4) is 0 Å². The molecule has 1 amide bonds. The number of aryl methyl sites for hydroxylation is 2. The molecule has 4 heterocycles. The minimum Gasteiger partial charge on any atom is -0.340 e. The highest BCUT2D eigenvalue weighted by Gasteiger charge is 2.32. The van der Waals surface area contributed by atoms with Crippen LogP contribution in [0.15, 0.2) is 30.6 Å². The molecule has 4 aromatic rings. The highest BCUT2D eigenvalue weighted by Crippen LogP contribution is 2.32. The Bertz CT molecular complexity index is 1180. The third kappa shape index (κ3) is 3.04. The highest BCUT2D eigenvalue weighted by molar-refractivity contribution is 5.78. The molecular formula is C21H23N7O. The summed E-state index contributed by atoms with van der Waals surface area (Å²) in [5.41, 5.74) is 4.93. The molecule has 29 heavy (non-hydrogen) atoms. The van der Waals surface area contributed by atoms with Gasteiger partial charge in [-0.2, -0.15) is 10.1 Å². The first-order chi connectivity index (χ1) is 14.1. The SMILES string of the molecule is Cc1nc2ncnn2c(C)c1CCC(=O)N1CCC[C@H]1c1nc2ccccc2[nH]1. The summed E-state index contributed by atoms with van der Waals surface area (Å²) in [7, 11) is 0. The average Bonchev–Trinajstić information content (AvgIpc) is 3.45. The highest BCUT2D eigenvalue weighted by atomic mass is 16.2. The molecule has 3 aromatic heterocycles. The predicted molar refractivity (Wildman–Crippen MR) is 108 cm³/mol. The second kappa shape index (κ2) is 6.95. The van der Waals surface area contributed by atoms with Gasteiger partial charge in [-0.25, -0.2) is 14.5 Å². The minimum atomic E-state index is 0.0213. The molecule has 1 aliphatic heterocycles. The maximum atomic E-state index is 13.1. The van der Waals surface area contributed by atoms with E-state index in [0.29, 0.717) is 18.6 Å². The average molecular weight is 389 g/mol. The normalized spacial score (nSPS) is 16.9. The summed E-state index contributed by atoms with van der Waals surface area (Å²) >= 11 is 0. The lowest BCUT2D eigenvalue weighted by molar-refractivity contribution is -0.132. The van der Waals surface area contributed by atoms with Crippen LogP contribution in [0.2, 0.25) is 0 Å². The molecule has 0 radical (unpaired) electrons. The number of carbonyl (C=O) groups is 1. The monoisotopic (exact) mass is 389 g/mol. The van der Waals surface area contributed by atoms with Gasteiger partial charge < -0.3 is 9.88 Å². The number of nitrogens with one attached hydrogen (secondary N) is 1. The quantitative estimate of drug-likeness (QED) is 0.579. The van der Waals surface area contributed by atoms with Crippen LogP contribution in [0.4, 0.5) is 0 Å². The first-order valence-corrected chi connectivity index (χ1v) is 10.0. The number of fused-ring (bicyclic) bond motifs is 2. The second-order valence-corrected chi connectivity index (χ2v) is 7.62. The van der Waals surface area contributed by atoms with Crippen molar-refractivity contribution in [3.05, 3.63) is 53.4 Å². The van der Waals surface area contributed by atoms with E-state index in [1.54, 1.807) is 4.52 Å². The van der Waals surface area contributed by atoms with E-state index >= 15 is 0 Å². The Balaban J connectivity index is 1.35. The lowest BCUT2D eigenvalue weighted by Gasteiger charge is -2.23. The molecule has 148 valence electrons. The molecule has 0 saturated carbocycles. The van der Waals surface area contributed by atoms with Crippen molar-refractivity contribution in [1.82, 2.24) is 34.4 Å². The summed E-state index contributed by atoms with van der Waals surface area (Å²) in [5.74, 6) is 1.64. The van der Waals surface area contributed by atoms with Crippen molar-refractivity contribution in [2.45, 2.75) is 45.6 Å². The van der Waals surface area contributed by atoms with Crippen LogP contribution in [0.25, 0.3) is 16.8 Å². The molecular weight excluding hydrogens is 366 g/mol. The van der Waals surface area contributed by atoms with Crippen molar-refractivity contribution in [2.24, 2.45) is 0 Å². The number of nitrogens with zero attached hydrogens (tertiary/aromatic N) is 6. The molecule has 8 heteroatoms. The van der Waals surface area contributed by atoms with Gasteiger partial charge in [0.15, 0.2) is 0 Å². The van der Waals surface area contributed by atoms with Gasteiger partial charge in [0.05, 0.1) is 17.1 Å². The molecule has 1 fully saturated rings. The number of rotatable bonds is 4. The van der Waals surface area contributed by atoms with Crippen molar-refractivity contribution < 1.29 is 4.79 Å². The maximum Gasteiger partial charge on any atom is 0.252 e. The summed E-state index contributed by atoms with van der Waals surface area (Å²) in [6.07, 6.45) is 4.53. The van der Waals surface area contributed by atoms with Gasteiger partial charge >= 0.3 is 0 Å². The number of amides is 1. The van der Waals surface area contributed by atoms with Crippen LogP contribution in [0.1, 0.15) is 48.1 Å². The Hall–Kier alpha value is -3.29. The third-order valence-corrected chi connectivity index (χ3v) is 5.87. The van der Waals surface area contributed by atoms with E-state index in [2.05, 4.69) is 20.1 Å². The van der Waals surface area contributed by atoms with E-state index in [-0.39, 0.29) is 11.9 Å². The number of likely N-dealkylation sites (tertiary alicyclic amines) is 1. The van der Waals surface area contributed by atoms with Crippen LogP contribution in [-0.4, -0.2) is 46.9 Å². The van der Waals surface area contributed by atoms with Crippen LogP contribution in [-0.2, 0) is 11.2 Å². The van der Waals surface area contributed by atoms with Gasteiger partial charge in [-0.15, -0.1) is 0 Å². The lowest BCUT2D eigenvalue weighted by Crippen LogP contribution is -2.31. The van der Waals surface area contributed by atoms with Crippen LogP contribution in [0.5, 0.6) is 0 Å². The molecule has 1 saturated heterocycles. The van der Waals surface area contributed by atoms with Gasteiger partial charge in [0, 0.05) is 24.4 Å². The number of imidazole rings is 1. The molecule has 0 spiro atoms. The second-order valence-electron chi connectivity index (χ2n) is 7.62. The van der Waals surface area contributed by atoms with Crippen molar-refractivity contribution in [1.29, 1.82) is 0 Å². The topological polar surface area (TPSA) is 92.1 Å². The van der Waals surface area contributed by atoms with Crippen molar-refractivity contribution >= 4 is 22.7 Å². The van der Waals surface area contributed by atoms with Crippen LogP contribution in [0, 0.1) is 13.8 Å². The number of benzene rings is 1. The first kappa shape index (κ1) is 17.8. The Labute approximate surface area is 168 Å². The fourth-order valence-corrected chi connectivity index (χ4v) is 4.37. The number of H-pyrrole nitrogens is 1. The summed E-state index contributed by atoms with van der Waals surface area (Å²) < 4.78 is 1.74. The standard InChI is InChI=1S/C21H23N7O/c1-13-15(14(2)28-21(24-13)22-12-23-28)9-10-19(29)27-11-5-8-18(27)20-25-16-6-3-4-7-17(16)26-20/h3-4,6-7,12,18H,5,8-11H2,1-2H3,(H,25,26)/t18-/m0/s1. The van der Waals surface area contributed by atoms with Gasteiger partial charge in [-0.1, -0.05) is 12.1 Å². The molecule has 8 nitrogen and oxygen atoms in total. The predicted octanol–water partition coefficient (Wildman–Crippen LogP) is 2.91. The largest absolute Gasteiger partial charge is 0.340 e. The maximum absolute atomic E-state index is 13.1. The zero-order chi connectivity index (χ0) is 20.0. The molecule has 1 atom stereocenters. The fourth-order valence-electron chi connectivity index (χ4n) is 4.37. The van der Waals surface area contributed by atoms with E-state index in [1.165, 1.54) is 6.33 Å². The smallest absolute Gasteiger partial charge is 0.252 e. The molecule has 0 aliphatic carbocycles. The van der Waals surface area contributed by atoms with Crippen molar-refractivity contribution in [2.75, 3.05) is 6.54 Å². The molecule has 1 aromatic carbocycles. The summed E-state index contributed by atoms with van der Waals surface area (Å²) in [6.45, 7) is 4.75. The Morgan fingerprint density at radius 1 is 1.24 bits per heavy atom. The van der Waals surface area contributed by atoms with Crippen LogP contribution < -0.4 is 0 Å². The van der Waals surface area contributed by atoms with Crippen molar-refractivity contribution in [3.8, 4) is 0 Å². The van der Waals surface area contributed by atoms with Gasteiger partial charge in [-0.05, 0) is 50.8 Å². The molecule has 1 aliphatic rings. The molecule has 1 N–H and O–H groups in total. The van der Waals surface area contributed by atoms with Gasteiger partial charge in [0.2, 0.25) is 5.91 Å². The van der Waals surface area contributed by atoms with Crippen LogP contribution >= 0.6 is 0 Å².